The van der Waals surface area contributed by atoms with E-state index in [0.29, 0.717) is 26.2 Å². The van der Waals surface area contributed by atoms with Crippen LogP contribution in [-0.4, -0.2) is 37.9 Å². The molecule has 0 aromatic heterocycles. The van der Waals surface area contributed by atoms with Crippen LogP contribution in [0, 0.1) is 5.41 Å². The van der Waals surface area contributed by atoms with Gasteiger partial charge in [-0.3, -0.25) is 4.79 Å². The highest BCUT2D eigenvalue weighted by Crippen LogP contribution is 2.31. The average molecular weight is 263 g/mol. The second kappa shape index (κ2) is 5.61. The molecule has 19 heavy (non-hydrogen) atoms. The van der Waals surface area contributed by atoms with E-state index in [0.717, 1.165) is 12.1 Å². The molecule has 1 aromatic carbocycles. The molecule has 1 fully saturated rings. The van der Waals surface area contributed by atoms with Crippen LogP contribution in [0.4, 0.5) is 5.69 Å². The number of nitrogens with zero attached hydrogens (tertiary/aromatic N) is 1. The number of anilines is 1. The molecule has 0 bridgehead atoms. The van der Waals surface area contributed by atoms with Crippen molar-refractivity contribution in [1.29, 1.82) is 0 Å². The Bertz CT molecular complexity index is 435. The third kappa shape index (κ3) is 2.89. The lowest BCUT2D eigenvalue weighted by atomic mass is 9.87. The van der Waals surface area contributed by atoms with Gasteiger partial charge in [-0.25, -0.2) is 0 Å². The Kier molecular flexibility index (Phi) is 4.10. The molecule has 0 spiro atoms. The number of aliphatic carboxylic acids is 1. The van der Waals surface area contributed by atoms with Crippen molar-refractivity contribution >= 4 is 11.7 Å². The molecule has 4 nitrogen and oxygen atoms in total. The number of hydrogen-bond donors (Lipinski definition) is 1. The van der Waals surface area contributed by atoms with E-state index >= 15 is 0 Å². The van der Waals surface area contributed by atoms with Crippen molar-refractivity contribution in [2.24, 2.45) is 5.41 Å². The molecule has 1 unspecified atom stereocenters. The summed E-state index contributed by atoms with van der Waals surface area (Å²) in [6.07, 6.45) is 1.59. The van der Waals surface area contributed by atoms with Gasteiger partial charge in [0.25, 0.3) is 0 Å². The molecule has 1 aliphatic rings. The van der Waals surface area contributed by atoms with Crippen molar-refractivity contribution < 1.29 is 14.6 Å². The number of carbonyl (C=O) groups is 1. The number of hydrogen-bond acceptors (Lipinski definition) is 3. The Morgan fingerprint density at radius 3 is 2.58 bits per heavy atom. The Morgan fingerprint density at radius 1 is 1.42 bits per heavy atom. The van der Waals surface area contributed by atoms with Crippen molar-refractivity contribution in [1.82, 2.24) is 0 Å². The van der Waals surface area contributed by atoms with Crippen molar-refractivity contribution in [3.63, 3.8) is 0 Å². The Balaban J connectivity index is 2.10. The predicted octanol–water partition coefficient (Wildman–Crippen LogP) is 2.18. The SMILES string of the molecule is CCc1ccc(N(C)CC2(C(=O)O)CCOC2)cc1. The minimum Gasteiger partial charge on any atom is -0.481 e. The molecule has 0 amide bonds. The van der Waals surface area contributed by atoms with Crippen molar-refractivity contribution in [3.8, 4) is 0 Å². The fourth-order valence-electron chi connectivity index (χ4n) is 2.50. The van der Waals surface area contributed by atoms with Gasteiger partial charge in [0.2, 0.25) is 0 Å². The maximum atomic E-state index is 11.5. The van der Waals surface area contributed by atoms with Crippen LogP contribution in [-0.2, 0) is 16.0 Å². The molecule has 1 aromatic rings. The molecule has 1 saturated heterocycles. The summed E-state index contributed by atoms with van der Waals surface area (Å²) in [5.74, 6) is -0.762. The summed E-state index contributed by atoms with van der Waals surface area (Å²) in [6.45, 7) is 3.44. The summed E-state index contributed by atoms with van der Waals surface area (Å²) in [4.78, 5) is 13.5. The third-order valence-electron chi connectivity index (χ3n) is 3.88. The Labute approximate surface area is 114 Å². The van der Waals surface area contributed by atoms with E-state index < -0.39 is 11.4 Å². The van der Waals surface area contributed by atoms with E-state index in [1.165, 1.54) is 5.56 Å². The average Bonchev–Trinajstić information content (AvgIpc) is 2.88. The highest BCUT2D eigenvalue weighted by atomic mass is 16.5. The fourth-order valence-corrected chi connectivity index (χ4v) is 2.50. The first-order valence-corrected chi connectivity index (χ1v) is 6.68. The first kappa shape index (κ1) is 13.9. The van der Waals surface area contributed by atoms with Gasteiger partial charge in [0, 0.05) is 25.9 Å². The number of benzene rings is 1. The Hall–Kier alpha value is -1.55. The highest BCUT2D eigenvalue weighted by Gasteiger charge is 2.43. The molecule has 0 aliphatic carbocycles. The monoisotopic (exact) mass is 263 g/mol. The van der Waals surface area contributed by atoms with Crippen molar-refractivity contribution in [2.75, 3.05) is 31.7 Å². The zero-order valence-electron chi connectivity index (χ0n) is 11.6. The molecular weight excluding hydrogens is 242 g/mol. The van der Waals surface area contributed by atoms with Crippen LogP contribution < -0.4 is 4.90 Å². The van der Waals surface area contributed by atoms with E-state index in [1.54, 1.807) is 0 Å². The van der Waals surface area contributed by atoms with Crippen LogP contribution in [0.3, 0.4) is 0 Å². The second-order valence-corrected chi connectivity index (χ2v) is 5.26. The zero-order valence-corrected chi connectivity index (χ0v) is 11.6. The van der Waals surface area contributed by atoms with Gasteiger partial charge in [0.05, 0.1) is 6.61 Å². The number of rotatable bonds is 5. The van der Waals surface area contributed by atoms with Gasteiger partial charge in [0.15, 0.2) is 0 Å². The van der Waals surface area contributed by atoms with Gasteiger partial charge in [-0.1, -0.05) is 19.1 Å². The maximum Gasteiger partial charge on any atom is 0.313 e. The van der Waals surface area contributed by atoms with Gasteiger partial charge in [-0.05, 0) is 30.5 Å². The van der Waals surface area contributed by atoms with Crippen molar-refractivity contribution in [3.05, 3.63) is 29.8 Å². The van der Waals surface area contributed by atoms with E-state index in [1.807, 2.05) is 24.1 Å². The van der Waals surface area contributed by atoms with Gasteiger partial charge in [0.1, 0.15) is 5.41 Å². The summed E-state index contributed by atoms with van der Waals surface area (Å²) >= 11 is 0. The molecule has 1 heterocycles. The van der Waals surface area contributed by atoms with Crippen LogP contribution in [0.1, 0.15) is 18.9 Å². The van der Waals surface area contributed by atoms with Gasteiger partial charge in [-0.2, -0.15) is 0 Å². The molecule has 0 saturated carbocycles. The molecule has 4 heteroatoms. The lowest BCUT2D eigenvalue weighted by Crippen LogP contribution is -2.42. The predicted molar refractivity (Wildman–Crippen MR) is 74.6 cm³/mol. The lowest BCUT2D eigenvalue weighted by molar-refractivity contribution is -0.148. The summed E-state index contributed by atoms with van der Waals surface area (Å²) in [5.41, 5.74) is 1.57. The molecule has 0 radical (unpaired) electrons. The second-order valence-electron chi connectivity index (χ2n) is 5.26. The van der Waals surface area contributed by atoms with Gasteiger partial charge >= 0.3 is 5.97 Å². The quantitative estimate of drug-likeness (QED) is 0.884. The zero-order chi connectivity index (χ0) is 13.9. The number of ether oxygens (including phenoxy) is 1. The molecular formula is C15H21NO3. The fraction of sp³-hybridized carbons (Fsp3) is 0.533. The van der Waals surface area contributed by atoms with E-state index in [9.17, 15) is 9.90 Å². The topological polar surface area (TPSA) is 49.8 Å². The molecule has 1 N–H and O–H groups in total. The minimum atomic E-state index is -0.766. The summed E-state index contributed by atoms with van der Waals surface area (Å²) in [5, 5.41) is 9.44. The normalized spacial score (nSPS) is 22.4. The smallest absolute Gasteiger partial charge is 0.313 e. The summed E-state index contributed by atoms with van der Waals surface area (Å²) in [7, 11) is 1.93. The lowest BCUT2D eigenvalue weighted by Gasteiger charge is -2.29. The van der Waals surface area contributed by atoms with E-state index in [-0.39, 0.29) is 0 Å². The first-order valence-electron chi connectivity index (χ1n) is 6.68. The van der Waals surface area contributed by atoms with Crippen LogP contribution in [0.2, 0.25) is 0 Å². The van der Waals surface area contributed by atoms with Crippen LogP contribution in [0.15, 0.2) is 24.3 Å². The summed E-state index contributed by atoms with van der Waals surface area (Å²) < 4.78 is 5.29. The third-order valence-corrected chi connectivity index (χ3v) is 3.88. The van der Waals surface area contributed by atoms with E-state index in [4.69, 9.17) is 4.74 Å². The van der Waals surface area contributed by atoms with Gasteiger partial charge in [-0.15, -0.1) is 0 Å². The minimum absolute atomic E-state index is 0.305. The Morgan fingerprint density at radius 2 is 2.11 bits per heavy atom. The van der Waals surface area contributed by atoms with Crippen LogP contribution in [0.5, 0.6) is 0 Å². The number of carboxylic acids is 1. The summed E-state index contributed by atoms with van der Waals surface area (Å²) in [6, 6.07) is 8.27. The van der Waals surface area contributed by atoms with Gasteiger partial charge < -0.3 is 14.7 Å². The molecule has 1 atom stereocenters. The van der Waals surface area contributed by atoms with Crippen LogP contribution in [0.25, 0.3) is 0 Å². The maximum absolute atomic E-state index is 11.5. The number of carboxylic acid groups (broad SMARTS) is 1. The number of aryl methyl sites for hydroxylation is 1. The highest BCUT2D eigenvalue weighted by molar-refractivity contribution is 5.76. The first-order chi connectivity index (χ1) is 9.07. The molecule has 104 valence electrons. The largest absolute Gasteiger partial charge is 0.481 e. The molecule has 2 rings (SSSR count). The van der Waals surface area contributed by atoms with Crippen LogP contribution >= 0.6 is 0 Å². The standard InChI is InChI=1S/C15H21NO3/c1-3-12-4-6-13(7-5-12)16(2)10-15(14(17)18)8-9-19-11-15/h4-7H,3,8-11H2,1-2H3,(H,17,18). The van der Waals surface area contributed by atoms with E-state index in [2.05, 4.69) is 19.1 Å². The molecule has 1 aliphatic heterocycles. The van der Waals surface area contributed by atoms with Crippen molar-refractivity contribution in [2.45, 2.75) is 19.8 Å².